The third-order valence-electron chi connectivity index (χ3n) is 5.01. The third-order valence-corrected chi connectivity index (χ3v) is 7.32. The van der Waals surface area contributed by atoms with E-state index in [1.165, 1.54) is 5.56 Å². The van der Waals surface area contributed by atoms with Crippen LogP contribution < -0.4 is 5.73 Å². The Labute approximate surface area is 143 Å². The number of sulfone groups is 1. The minimum absolute atomic E-state index is 0.258. The monoisotopic (exact) mass is 345 g/mol. The van der Waals surface area contributed by atoms with Gasteiger partial charge in [-0.25, -0.2) is 8.42 Å². The molecule has 0 aromatic heterocycles. The van der Waals surface area contributed by atoms with Gasteiger partial charge < -0.3 is 10.8 Å². The van der Waals surface area contributed by atoms with E-state index in [4.69, 9.17) is 5.73 Å². The fraction of sp³-hybridized carbons (Fsp3) is 0.368. The number of aryl methyl sites for hydroxylation is 2. The maximum Gasteiger partial charge on any atom is 0.183 e. The first kappa shape index (κ1) is 17.1. The van der Waals surface area contributed by atoms with Gasteiger partial charge in [-0.3, -0.25) is 0 Å². The molecule has 2 aromatic rings. The predicted molar refractivity (Wildman–Crippen MR) is 94.7 cm³/mol. The molecule has 1 saturated carbocycles. The van der Waals surface area contributed by atoms with Gasteiger partial charge in [-0.15, -0.1) is 0 Å². The van der Waals surface area contributed by atoms with Gasteiger partial charge in [-0.1, -0.05) is 48.9 Å². The molecule has 0 aliphatic heterocycles. The molecule has 0 bridgehead atoms. The van der Waals surface area contributed by atoms with Crippen molar-refractivity contribution in [2.45, 2.75) is 41.9 Å². The van der Waals surface area contributed by atoms with Gasteiger partial charge in [0.15, 0.2) is 9.84 Å². The van der Waals surface area contributed by atoms with E-state index in [1.807, 2.05) is 31.2 Å². The summed E-state index contributed by atoms with van der Waals surface area (Å²) in [6.45, 7) is 3.62. The summed E-state index contributed by atoms with van der Waals surface area (Å²) in [5, 5.41) is 8.93. The van der Waals surface area contributed by atoms with Crippen LogP contribution in [-0.4, -0.2) is 30.9 Å². The Bertz CT molecular complexity index is 828. The van der Waals surface area contributed by atoms with E-state index in [0.29, 0.717) is 0 Å². The molecule has 3 N–H and O–H groups in total. The lowest BCUT2D eigenvalue weighted by Gasteiger charge is -2.08. The number of hydrogen-bond donors (Lipinski definition) is 2. The minimum Gasteiger partial charge on any atom is -0.394 e. The summed E-state index contributed by atoms with van der Waals surface area (Å²) in [5.74, 6) is -0.389. The Kier molecular flexibility index (Phi) is 4.28. The summed E-state index contributed by atoms with van der Waals surface area (Å²) < 4.78 is 26.0. The summed E-state index contributed by atoms with van der Waals surface area (Å²) in [6, 6.07) is 14.6. The van der Waals surface area contributed by atoms with Crippen LogP contribution in [0.25, 0.3) is 0 Å². The summed E-state index contributed by atoms with van der Waals surface area (Å²) >= 11 is 0. The zero-order chi connectivity index (χ0) is 17.5. The highest BCUT2D eigenvalue weighted by Crippen LogP contribution is 2.55. The molecule has 24 heavy (non-hydrogen) atoms. The number of nitrogens with two attached hydrogens (primary N) is 1. The van der Waals surface area contributed by atoms with Gasteiger partial charge in [0.05, 0.1) is 22.3 Å². The van der Waals surface area contributed by atoms with Crippen LogP contribution >= 0.6 is 0 Å². The highest BCUT2D eigenvalue weighted by molar-refractivity contribution is 7.92. The number of hydrogen-bond acceptors (Lipinski definition) is 4. The molecule has 1 aliphatic rings. The van der Waals surface area contributed by atoms with Crippen LogP contribution in [0.2, 0.25) is 0 Å². The number of aliphatic hydroxyl groups is 1. The molecular weight excluding hydrogens is 322 g/mol. The van der Waals surface area contributed by atoms with Crippen LogP contribution in [0, 0.1) is 6.92 Å². The van der Waals surface area contributed by atoms with E-state index < -0.39 is 20.6 Å². The summed E-state index contributed by atoms with van der Waals surface area (Å²) in [5.41, 5.74) is 8.18. The fourth-order valence-corrected chi connectivity index (χ4v) is 5.70. The Hall–Kier alpha value is -1.69. The molecule has 3 rings (SSSR count). The van der Waals surface area contributed by atoms with Crippen molar-refractivity contribution in [2.24, 2.45) is 5.73 Å². The van der Waals surface area contributed by atoms with Crippen LogP contribution in [-0.2, 0) is 16.3 Å². The van der Waals surface area contributed by atoms with Gasteiger partial charge in [0, 0.05) is 5.92 Å². The Morgan fingerprint density at radius 1 is 1.08 bits per heavy atom. The molecule has 0 heterocycles. The van der Waals surface area contributed by atoms with E-state index in [0.717, 1.165) is 17.5 Å². The van der Waals surface area contributed by atoms with E-state index in [9.17, 15) is 13.5 Å². The maximum absolute atomic E-state index is 13.0. The van der Waals surface area contributed by atoms with Crippen LogP contribution in [0.4, 0.5) is 0 Å². The lowest BCUT2D eigenvalue weighted by molar-refractivity contribution is 0.253. The zero-order valence-corrected chi connectivity index (χ0v) is 14.8. The third kappa shape index (κ3) is 2.66. The molecule has 4 nitrogen and oxygen atoms in total. The number of aliphatic hydroxyl groups excluding tert-OH is 1. The minimum atomic E-state index is -3.60. The quantitative estimate of drug-likeness (QED) is 0.870. The molecule has 1 aliphatic carbocycles. The smallest absolute Gasteiger partial charge is 0.183 e. The van der Waals surface area contributed by atoms with Crippen LogP contribution in [0.3, 0.4) is 0 Å². The first-order valence-corrected chi connectivity index (χ1v) is 9.68. The van der Waals surface area contributed by atoms with Gasteiger partial charge >= 0.3 is 0 Å². The molecule has 0 saturated heterocycles. The molecule has 0 spiro atoms. The molecular formula is C19H23NO3S. The summed E-state index contributed by atoms with van der Waals surface area (Å²) in [7, 11) is -3.60. The highest BCUT2D eigenvalue weighted by Gasteiger charge is 2.69. The summed E-state index contributed by atoms with van der Waals surface area (Å²) in [6.07, 6.45) is 0.920. The van der Waals surface area contributed by atoms with Crippen LogP contribution in [0.1, 0.15) is 29.5 Å². The largest absolute Gasteiger partial charge is 0.394 e. The Morgan fingerprint density at radius 3 is 2.17 bits per heavy atom. The fourth-order valence-electron chi connectivity index (χ4n) is 3.40. The van der Waals surface area contributed by atoms with Gasteiger partial charge in [0.25, 0.3) is 0 Å². The van der Waals surface area contributed by atoms with Crippen molar-refractivity contribution in [1.82, 2.24) is 0 Å². The van der Waals surface area contributed by atoms with Crippen molar-refractivity contribution in [3.05, 3.63) is 65.2 Å². The van der Waals surface area contributed by atoms with Gasteiger partial charge in [-0.2, -0.15) is 0 Å². The number of rotatable bonds is 5. The standard InChI is InChI=1S/C19H23NO3S/c1-3-14-6-8-15(9-7-14)17-18(19(17,20)12-21)24(22,23)16-10-4-13(2)5-11-16/h4-11,17-18,21H,3,12,20H2,1-2H3/t17-,18+,19+/m1/s1. The second-order valence-corrected chi connectivity index (χ2v) is 8.69. The molecule has 0 radical (unpaired) electrons. The molecule has 3 atom stereocenters. The maximum atomic E-state index is 13.0. The van der Waals surface area contributed by atoms with Gasteiger partial charge in [-0.05, 0) is 36.6 Å². The van der Waals surface area contributed by atoms with Crippen molar-refractivity contribution in [3.8, 4) is 0 Å². The van der Waals surface area contributed by atoms with Crippen molar-refractivity contribution in [3.63, 3.8) is 0 Å². The SMILES string of the molecule is CCc1ccc([C@@H]2[C@H](S(=O)(=O)c3ccc(C)cc3)[C@]2(N)CO)cc1. The molecule has 5 heteroatoms. The molecule has 128 valence electrons. The molecule has 1 fully saturated rings. The highest BCUT2D eigenvalue weighted by atomic mass is 32.2. The van der Waals surface area contributed by atoms with Gasteiger partial charge in [0.1, 0.15) is 0 Å². The Morgan fingerprint density at radius 2 is 1.67 bits per heavy atom. The average Bonchev–Trinajstić information content (AvgIpc) is 3.23. The molecule has 0 amide bonds. The predicted octanol–water partition coefficient (Wildman–Crippen LogP) is 2.19. The zero-order valence-electron chi connectivity index (χ0n) is 13.9. The molecule has 0 unspecified atom stereocenters. The van der Waals surface area contributed by atoms with E-state index in [1.54, 1.807) is 24.3 Å². The normalized spacial score (nSPS) is 26.3. The topological polar surface area (TPSA) is 80.4 Å². The lowest BCUT2D eigenvalue weighted by atomic mass is 10.0. The summed E-state index contributed by atoms with van der Waals surface area (Å²) in [4.78, 5) is 0.258. The van der Waals surface area contributed by atoms with Gasteiger partial charge in [0.2, 0.25) is 0 Å². The Balaban J connectivity index is 1.98. The van der Waals surface area contributed by atoms with Crippen molar-refractivity contribution in [2.75, 3.05) is 6.61 Å². The van der Waals surface area contributed by atoms with E-state index in [2.05, 4.69) is 6.92 Å². The average molecular weight is 345 g/mol. The van der Waals surface area contributed by atoms with Crippen molar-refractivity contribution >= 4 is 9.84 Å². The lowest BCUT2D eigenvalue weighted by Crippen LogP contribution is -2.35. The second-order valence-electron chi connectivity index (χ2n) is 6.62. The first-order valence-electron chi connectivity index (χ1n) is 8.13. The molecule has 2 aromatic carbocycles. The first-order chi connectivity index (χ1) is 11.3. The van der Waals surface area contributed by atoms with Crippen molar-refractivity contribution in [1.29, 1.82) is 0 Å². The number of benzene rings is 2. The van der Waals surface area contributed by atoms with Crippen LogP contribution in [0.5, 0.6) is 0 Å². The van der Waals surface area contributed by atoms with Crippen molar-refractivity contribution < 1.29 is 13.5 Å². The second kappa shape index (κ2) is 5.99. The van der Waals surface area contributed by atoms with E-state index in [-0.39, 0.29) is 17.4 Å². The van der Waals surface area contributed by atoms with Crippen LogP contribution in [0.15, 0.2) is 53.4 Å². The van der Waals surface area contributed by atoms with E-state index >= 15 is 0 Å².